The Kier molecular flexibility index (Phi) is 2.65. The van der Waals surface area contributed by atoms with E-state index >= 15 is 0 Å². The molecule has 0 aliphatic heterocycles. The van der Waals surface area contributed by atoms with Crippen molar-refractivity contribution < 1.29 is 8.83 Å². The number of benzene rings is 1. The van der Waals surface area contributed by atoms with Gasteiger partial charge in [0, 0.05) is 11.1 Å². The van der Waals surface area contributed by atoms with Crippen LogP contribution in [0.4, 0.5) is 0 Å². The van der Waals surface area contributed by atoms with Crippen LogP contribution >= 0.6 is 24.4 Å². The fraction of sp³-hybridized carbons (Fsp3) is 0. The SMILES string of the molecule is S=c1[nH]nc(-c2ccc(-c3n[nH]c(=S)o3)cc2)o1. The van der Waals surface area contributed by atoms with Crippen LogP contribution in [0.1, 0.15) is 0 Å². The fourth-order valence-corrected chi connectivity index (χ4v) is 1.71. The summed E-state index contributed by atoms with van der Waals surface area (Å²) < 4.78 is 10.4. The van der Waals surface area contributed by atoms with Crippen LogP contribution in [0.3, 0.4) is 0 Å². The molecule has 3 rings (SSSR count). The summed E-state index contributed by atoms with van der Waals surface area (Å²) >= 11 is 9.63. The molecule has 0 atom stereocenters. The number of H-pyrrole nitrogens is 2. The van der Waals surface area contributed by atoms with Crippen LogP contribution in [0.25, 0.3) is 22.9 Å². The summed E-state index contributed by atoms with van der Waals surface area (Å²) in [5.74, 6) is 0.879. The van der Waals surface area contributed by atoms with Crippen LogP contribution in [-0.2, 0) is 0 Å². The second-order valence-corrected chi connectivity index (χ2v) is 4.16. The molecule has 18 heavy (non-hydrogen) atoms. The van der Waals surface area contributed by atoms with Crippen LogP contribution in [0, 0.1) is 9.67 Å². The molecule has 0 aliphatic carbocycles. The Morgan fingerprint density at radius 1 is 0.778 bits per heavy atom. The first-order valence-corrected chi connectivity index (χ1v) is 5.76. The second kappa shape index (κ2) is 4.31. The van der Waals surface area contributed by atoms with Gasteiger partial charge < -0.3 is 8.83 Å². The number of hydrogen-bond acceptors (Lipinski definition) is 6. The Hall–Kier alpha value is -2.06. The van der Waals surface area contributed by atoms with E-state index in [0.717, 1.165) is 11.1 Å². The molecule has 90 valence electrons. The lowest BCUT2D eigenvalue weighted by atomic mass is 10.1. The maximum absolute atomic E-state index is 5.21. The van der Waals surface area contributed by atoms with E-state index < -0.39 is 0 Å². The third-order valence-electron chi connectivity index (χ3n) is 2.26. The summed E-state index contributed by atoms with van der Waals surface area (Å²) in [5.41, 5.74) is 1.61. The molecule has 0 aliphatic rings. The van der Waals surface area contributed by atoms with Gasteiger partial charge in [-0.25, -0.2) is 10.2 Å². The van der Waals surface area contributed by atoms with Gasteiger partial charge >= 0.3 is 0 Å². The molecule has 8 heteroatoms. The summed E-state index contributed by atoms with van der Waals surface area (Å²) in [6, 6.07) is 7.32. The van der Waals surface area contributed by atoms with E-state index in [0.29, 0.717) is 11.8 Å². The van der Waals surface area contributed by atoms with E-state index in [2.05, 4.69) is 20.4 Å². The molecule has 0 bridgehead atoms. The predicted octanol–water partition coefficient (Wildman–Crippen LogP) is 3.11. The third-order valence-corrected chi connectivity index (χ3v) is 2.60. The minimum Gasteiger partial charge on any atom is -0.409 e. The molecular weight excluding hydrogens is 272 g/mol. The Balaban J connectivity index is 1.98. The highest BCUT2D eigenvalue weighted by Crippen LogP contribution is 2.22. The minimum absolute atomic E-state index is 0.243. The van der Waals surface area contributed by atoms with Crippen molar-refractivity contribution in [1.82, 2.24) is 20.4 Å². The largest absolute Gasteiger partial charge is 0.409 e. The molecule has 0 spiro atoms. The minimum atomic E-state index is 0.243. The zero-order valence-corrected chi connectivity index (χ0v) is 10.5. The lowest BCUT2D eigenvalue weighted by Gasteiger charge is -1.96. The molecular formula is C10H6N4O2S2. The van der Waals surface area contributed by atoms with Gasteiger partial charge in [0.2, 0.25) is 11.8 Å². The molecule has 0 saturated heterocycles. The van der Waals surface area contributed by atoms with Crippen LogP contribution < -0.4 is 0 Å². The number of nitrogens with one attached hydrogen (secondary N) is 2. The number of rotatable bonds is 2. The van der Waals surface area contributed by atoms with Crippen molar-refractivity contribution >= 4 is 24.4 Å². The first kappa shape index (κ1) is 11.1. The highest BCUT2D eigenvalue weighted by atomic mass is 32.1. The highest BCUT2D eigenvalue weighted by Gasteiger charge is 2.07. The molecule has 0 unspecified atom stereocenters. The van der Waals surface area contributed by atoms with Crippen LogP contribution in [0.5, 0.6) is 0 Å². The molecule has 3 aromatic rings. The molecule has 0 amide bonds. The van der Waals surface area contributed by atoms with Crippen molar-refractivity contribution in [2.45, 2.75) is 0 Å². The van der Waals surface area contributed by atoms with Crippen molar-refractivity contribution in [1.29, 1.82) is 0 Å². The number of hydrogen-bond donors (Lipinski definition) is 2. The maximum Gasteiger partial charge on any atom is 0.284 e. The Morgan fingerprint density at radius 3 is 1.44 bits per heavy atom. The Bertz CT molecular complexity index is 714. The number of aromatic amines is 2. The van der Waals surface area contributed by atoms with Gasteiger partial charge in [-0.2, -0.15) is 0 Å². The molecule has 0 radical (unpaired) electrons. The van der Waals surface area contributed by atoms with Crippen molar-refractivity contribution in [3.8, 4) is 22.9 Å². The van der Waals surface area contributed by atoms with Crippen LogP contribution in [-0.4, -0.2) is 20.4 Å². The van der Waals surface area contributed by atoms with Crippen molar-refractivity contribution in [3.63, 3.8) is 0 Å². The van der Waals surface area contributed by atoms with Gasteiger partial charge in [0.05, 0.1) is 0 Å². The summed E-state index contributed by atoms with van der Waals surface area (Å²) in [4.78, 5) is 0.485. The Labute approximate surface area is 111 Å². The van der Waals surface area contributed by atoms with Crippen molar-refractivity contribution in [2.75, 3.05) is 0 Å². The lowest BCUT2D eigenvalue weighted by Crippen LogP contribution is -1.81. The zero-order valence-electron chi connectivity index (χ0n) is 8.84. The first-order chi connectivity index (χ1) is 8.72. The monoisotopic (exact) mass is 278 g/mol. The van der Waals surface area contributed by atoms with Gasteiger partial charge in [-0.3, -0.25) is 0 Å². The standard InChI is InChI=1S/C10H6N4O2S2/c17-9-13-11-7(15-9)5-1-2-6(4-3-5)8-12-14-10(18)16-8/h1-4H,(H,13,17)(H,14,18). The predicted molar refractivity (Wildman–Crippen MR) is 67.8 cm³/mol. The normalized spacial score (nSPS) is 10.7. The van der Waals surface area contributed by atoms with E-state index in [1.807, 2.05) is 24.3 Å². The first-order valence-electron chi connectivity index (χ1n) is 4.94. The molecule has 6 nitrogen and oxygen atoms in total. The van der Waals surface area contributed by atoms with Crippen molar-refractivity contribution in [3.05, 3.63) is 33.9 Å². The molecule has 2 N–H and O–H groups in total. The number of aromatic nitrogens is 4. The fourth-order valence-electron chi connectivity index (χ4n) is 1.46. The van der Waals surface area contributed by atoms with Crippen molar-refractivity contribution in [2.24, 2.45) is 0 Å². The van der Waals surface area contributed by atoms with Crippen LogP contribution in [0.2, 0.25) is 0 Å². The van der Waals surface area contributed by atoms with Gasteiger partial charge in [-0.1, -0.05) is 0 Å². The van der Waals surface area contributed by atoms with E-state index in [-0.39, 0.29) is 9.67 Å². The summed E-state index contributed by atoms with van der Waals surface area (Å²) in [5, 5.41) is 13.0. The quantitative estimate of drug-likeness (QED) is 0.701. The molecule has 1 aromatic carbocycles. The van der Waals surface area contributed by atoms with Gasteiger partial charge in [-0.15, -0.1) is 10.2 Å². The molecule has 0 fully saturated rings. The second-order valence-electron chi connectivity index (χ2n) is 3.41. The van der Waals surface area contributed by atoms with E-state index in [1.165, 1.54) is 0 Å². The third kappa shape index (κ3) is 2.03. The zero-order chi connectivity index (χ0) is 12.5. The van der Waals surface area contributed by atoms with E-state index in [1.54, 1.807) is 0 Å². The van der Waals surface area contributed by atoms with Gasteiger partial charge in [-0.05, 0) is 48.7 Å². The topological polar surface area (TPSA) is 83.6 Å². The van der Waals surface area contributed by atoms with Gasteiger partial charge in [0.1, 0.15) is 0 Å². The summed E-state index contributed by atoms with van der Waals surface area (Å²) in [7, 11) is 0. The maximum atomic E-state index is 5.21. The lowest BCUT2D eigenvalue weighted by molar-refractivity contribution is 0.550. The average Bonchev–Trinajstić information content (AvgIpc) is 2.98. The van der Waals surface area contributed by atoms with E-state index in [4.69, 9.17) is 33.3 Å². The smallest absolute Gasteiger partial charge is 0.284 e. The highest BCUT2D eigenvalue weighted by molar-refractivity contribution is 7.71. The summed E-state index contributed by atoms with van der Waals surface area (Å²) in [6.07, 6.45) is 0. The molecule has 2 aromatic heterocycles. The summed E-state index contributed by atoms with van der Waals surface area (Å²) in [6.45, 7) is 0. The average molecular weight is 278 g/mol. The van der Waals surface area contributed by atoms with Crippen LogP contribution in [0.15, 0.2) is 33.1 Å². The molecule has 2 heterocycles. The van der Waals surface area contributed by atoms with Gasteiger partial charge in [0.25, 0.3) is 9.67 Å². The molecule has 0 saturated carbocycles. The van der Waals surface area contributed by atoms with E-state index in [9.17, 15) is 0 Å². The number of nitrogens with zero attached hydrogens (tertiary/aromatic N) is 2. The van der Waals surface area contributed by atoms with Gasteiger partial charge in [0.15, 0.2) is 0 Å². The Morgan fingerprint density at radius 2 is 1.17 bits per heavy atom.